The Labute approximate surface area is 159 Å². The average Bonchev–Trinajstić information content (AvgIpc) is 2.88. The average molecular weight is 354 g/mol. The lowest BCUT2D eigenvalue weighted by atomic mass is 9.72. The molecule has 0 N–H and O–H groups in total. The molecule has 4 rings (SSSR count). The highest BCUT2D eigenvalue weighted by atomic mass is 16.2. The van der Waals surface area contributed by atoms with Crippen molar-refractivity contribution in [3.8, 4) is 0 Å². The molecule has 0 bridgehead atoms. The Morgan fingerprint density at radius 3 is 1.33 bits per heavy atom. The van der Waals surface area contributed by atoms with Crippen molar-refractivity contribution in [1.29, 1.82) is 0 Å². The van der Waals surface area contributed by atoms with E-state index in [0.717, 1.165) is 11.1 Å². The second-order valence-corrected chi connectivity index (χ2v) is 7.61. The van der Waals surface area contributed by atoms with E-state index in [2.05, 4.69) is 0 Å². The Morgan fingerprint density at radius 1 is 0.593 bits per heavy atom. The summed E-state index contributed by atoms with van der Waals surface area (Å²) in [5.41, 5.74) is 4.42. The van der Waals surface area contributed by atoms with Crippen molar-refractivity contribution in [1.82, 2.24) is 0 Å². The third kappa shape index (κ3) is 3.02. The molecule has 0 fully saturated rings. The van der Waals surface area contributed by atoms with Gasteiger partial charge in [0.2, 0.25) is 0 Å². The molecule has 134 valence electrons. The quantitative estimate of drug-likeness (QED) is 0.607. The molecule has 0 spiro atoms. The van der Waals surface area contributed by atoms with E-state index in [1.165, 1.54) is 11.1 Å². The van der Waals surface area contributed by atoms with Gasteiger partial charge >= 0.3 is 0 Å². The van der Waals surface area contributed by atoms with Gasteiger partial charge < -0.3 is 0 Å². The highest BCUT2D eigenvalue weighted by Crippen LogP contribution is 2.42. The lowest BCUT2D eigenvalue weighted by Crippen LogP contribution is -2.38. The first-order valence-electron chi connectivity index (χ1n) is 9.29. The van der Waals surface area contributed by atoms with Crippen molar-refractivity contribution < 1.29 is 9.59 Å². The van der Waals surface area contributed by atoms with E-state index < -0.39 is 5.41 Å². The van der Waals surface area contributed by atoms with E-state index in [9.17, 15) is 9.59 Å². The fourth-order valence-electron chi connectivity index (χ4n) is 3.99. The molecule has 0 heterocycles. The van der Waals surface area contributed by atoms with Crippen LogP contribution in [0.5, 0.6) is 0 Å². The van der Waals surface area contributed by atoms with E-state index in [1.54, 1.807) is 12.1 Å². The molecule has 0 unspecified atom stereocenters. The summed E-state index contributed by atoms with van der Waals surface area (Å²) >= 11 is 0. The van der Waals surface area contributed by atoms with Crippen LogP contribution in [0, 0.1) is 19.3 Å². The zero-order valence-electron chi connectivity index (χ0n) is 15.7. The predicted octanol–water partition coefficient (Wildman–Crippen LogP) is 5.15. The molecule has 27 heavy (non-hydrogen) atoms. The highest BCUT2D eigenvalue weighted by molar-refractivity contribution is 6.29. The normalized spacial score (nSPS) is 15.0. The molecule has 0 saturated carbocycles. The van der Waals surface area contributed by atoms with Crippen LogP contribution >= 0.6 is 0 Å². The van der Waals surface area contributed by atoms with Crippen molar-refractivity contribution in [3.05, 3.63) is 106 Å². The molecular formula is C25H22O2. The molecule has 3 aromatic carbocycles. The summed E-state index contributed by atoms with van der Waals surface area (Å²) in [7, 11) is 0. The summed E-state index contributed by atoms with van der Waals surface area (Å²) in [6.45, 7) is 4.07. The lowest BCUT2D eigenvalue weighted by Gasteiger charge is -2.26. The minimum absolute atomic E-state index is 0.0516. The maximum Gasteiger partial charge on any atom is 0.178 e. The maximum atomic E-state index is 13.5. The monoisotopic (exact) mass is 354 g/mol. The maximum absolute atomic E-state index is 13.5. The van der Waals surface area contributed by atoms with E-state index >= 15 is 0 Å². The van der Waals surface area contributed by atoms with Crippen molar-refractivity contribution in [2.24, 2.45) is 5.41 Å². The van der Waals surface area contributed by atoms with Crippen LogP contribution < -0.4 is 0 Å². The Kier molecular flexibility index (Phi) is 4.27. The van der Waals surface area contributed by atoms with E-state index in [0.29, 0.717) is 24.0 Å². The van der Waals surface area contributed by atoms with Crippen molar-refractivity contribution in [2.45, 2.75) is 26.7 Å². The zero-order valence-corrected chi connectivity index (χ0v) is 15.7. The van der Waals surface area contributed by atoms with Crippen molar-refractivity contribution >= 4 is 11.6 Å². The van der Waals surface area contributed by atoms with Crippen LogP contribution in [-0.4, -0.2) is 11.6 Å². The minimum Gasteiger partial charge on any atom is -0.293 e. The van der Waals surface area contributed by atoms with Gasteiger partial charge in [-0.1, -0.05) is 83.9 Å². The summed E-state index contributed by atoms with van der Waals surface area (Å²) in [6, 6.07) is 23.5. The Morgan fingerprint density at radius 2 is 0.963 bits per heavy atom. The second-order valence-electron chi connectivity index (χ2n) is 7.61. The number of ketones is 2. The van der Waals surface area contributed by atoms with Gasteiger partial charge in [0.15, 0.2) is 11.6 Å². The van der Waals surface area contributed by atoms with Gasteiger partial charge in [-0.2, -0.15) is 0 Å². The van der Waals surface area contributed by atoms with Gasteiger partial charge in [0.05, 0.1) is 0 Å². The topological polar surface area (TPSA) is 34.1 Å². The Bertz CT molecular complexity index is 926. The first-order valence-corrected chi connectivity index (χ1v) is 9.29. The number of rotatable bonds is 4. The molecule has 0 aliphatic heterocycles. The van der Waals surface area contributed by atoms with Gasteiger partial charge in [0, 0.05) is 11.1 Å². The molecule has 0 saturated heterocycles. The molecule has 0 aromatic heterocycles. The predicted molar refractivity (Wildman–Crippen MR) is 107 cm³/mol. The van der Waals surface area contributed by atoms with Crippen LogP contribution in [0.3, 0.4) is 0 Å². The standard InChI is InChI=1S/C25H22O2/c1-17-7-11-19(12-8-17)15-25(16-20-13-9-18(2)10-14-20)23(26)21-5-3-4-6-22(21)24(25)27/h3-14H,15-16H2,1-2H3. The van der Waals surface area contributed by atoms with E-state index in [1.807, 2.05) is 74.5 Å². The first-order chi connectivity index (χ1) is 13.0. The van der Waals surface area contributed by atoms with Crippen LogP contribution in [0.25, 0.3) is 0 Å². The summed E-state index contributed by atoms with van der Waals surface area (Å²) in [6.07, 6.45) is 0.848. The van der Waals surface area contributed by atoms with Gasteiger partial charge in [-0.25, -0.2) is 0 Å². The SMILES string of the molecule is Cc1ccc(CC2(Cc3ccc(C)cc3)C(=O)c3ccccc3C2=O)cc1. The molecular weight excluding hydrogens is 332 g/mol. The molecule has 1 aliphatic rings. The summed E-state index contributed by atoms with van der Waals surface area (Å²) in [5.74, 6) is -0.103. The summed E-state index contributed by atoms with van der Waals surface area (Å²) in [5, 5.41) is 0. The molecule has 0 atom stereocenters. The number of carbonyl (C=O) groups excluding carboxylic acids is 2. The Hall–Kier alpha value is -3.00. The van der Waals surface area contributed by atoms with Gasteiger partial charge in [0.25, 0.3) is 0 Å². The number of Topliss-reactive ketones (excluding diaryl/α,β-unsaturated/α-hetero) is 2. The summed E-state index contributed by atoms with van der Waals surface area (Å²) in [4.78, 5) is 26.9. The van der Waals surface area contributed by atoms with E-state index in [-0.39, 0.29) is 11.6 Å². The Balaban J connectivity index is 1.80. The third-order valence-corrected chi connectivity index (χ3v) is 5.54. The van der Waals surface area contributed by atoms with Crippen LogP contribution in [0.15, 0.2) is 72.8 Å². The second kappa shape index (κ2) is 6.62. The summed E-state index contributed by atoms with van der Waals surface area (Å²) < 4.78 is 0. The number of aryl methyl sites for hydroxylation is 2. The van der Waals surface area contributed by atoms with Crippen molar-refractivity contribution in [3.63, 3.8) is 0 Å². The highest BCUT2D eigenvalue weighted by Gasteiger charge is 2.52. The van der Waals surface area contributed by atoms with Gasteiger partial charge in [-0.05, 0) is 37.8 Å². The van der Waals surface area contributed by atoms with Crippen molar-refractivity contribution in [2.75, 3.05) is 0 Å². The first kappa shape index (κ1) is 17.4. The van der Waals surface area contributed by atoms with Crippen LogP contribution in [-0.2, 0) is 12.8 Å². The van der Waals surface area contributed by atoms with Crippen LogP contribution in [0.2, 0.25) is 0 Å². The largest absolute Gasteiger partial charge is 0.293 e. The number of hydrogen-bond acceptors (Lipinski definition) is 2. The number of benzene rings is 3. The van der Waals surface area contributed by atoms with Crippen LogP contribution in [0.4, 0.5) is 0 Å². The molecule has 0 amide bonds. The smallest absolute Gasteiger partial charge is 0.178 e. The van der Waals surface area contributed by atoms with Gasteiger partial charge in [0.1, 0.15) is 5.41 Å². The van der Waals surface area contributed by atoms with E-state index in [4.69, 9.17) is 0 Å². The van der Waals surface area contributed by atoms with Crippen LogP contribution in [0.1, 0.15) is 43.0 Å². The molecule has 2 nitrogen and oxygen atoms in total. The molecule has 3 aromatic rings. The number of carbonyl (C=O) groups is 2. The third-order valence-electron chi connectivity index (χ3n) is 5.54. The molecule has 0 radical (unpaired) electrons. The fraction of sp³-hybridized carbons (Fsp3) is 0.200. The van der Waals surface area contributed by atoms with Gasteiger partial charge in [-0.15, -0.1) is 0 Å². The lowest BCUT2D eigenvalue weighted by molar-refractivity contribution is 0.0695. The number of hydrogen-bond donors (Lipinski definition) is 0. The number of fused-ring (bicyclic) bond motifs is 1. The fourth-order valence-corrected chi connectivity index (χ4v) is 3.99. The van der Waals surface area contributed by atoms with Gasteiger partial charge in [-0.3, -0.25) is 9.59 Å². The molecule has 1 aliphatic carbocycles. The zero-order chi connectivity index (χ0) is 19.0. The molecule has 2 heteroatoms. The minimum atomic E-state index is -1.06.